The number of pyridine rings is 1. The molecule has 60 valence electrons. The van der Waals surface area contributed by atoms with Crippen LogP contribution < -0.4 is 10.5 Å². The van der Waals surface area contributed by atoms with E-state index in [4.69, 9.17) is 10.5 Å². The van der Waals surface area contributed by atoms with Crippen LogP contribution in [-0.2, 0) is 0 Å². The van der Waals surface area contributed by atoms with Crippen LogP contribution in [0.4, 0.5) is 0 Å². The van der Waals surface area contributed by atoms with Crippen LogP contribution in [0.25, 0.3) is 0 Å². The van der Waals surface area contributed by atoms with Crippen LogP contribution in [0.5, 0.6) is 5.75 Å². The summed E-state index contributed by atoms with van der Waals surface area (Å²) in [5.74, 6) is 0.783. The zero-order valence-electron chi connectivity index (χ0n) is 5.96. The number of nitrogens with zero attached hydrogens (tertiary/aromatic N) is 1. The molecule has 1 heterocycles. The van der Waals surface area contributed by atoms with Gasteiger partial charge >= 0.3 is 0 Å². The third kappa shape index (κ3) is 2.48. The van der Waals surface area contributed by atoms with E-state index in [1.165, 1.54) is 0 Å². The van der Waals surface area contributed by atoms with Gasteiger partial charge in [0.2, 0.25) is 0 Å². The van der Waals surface area contributed by atoms with Gasteiger partial charge in [0.05, 0.1) is 4.47 Å². The lowest BCUT2D eigenvalue weighted by atomic mass is 10.4. The summed E-state index contributed by atoms with van der Waals surface area (Å²) in [7, 11) is 0. The van der Waals surface area contributed by atoms with E-state index in [0.29, 0.717) is 13.2 Å². The maximum Gasteiger partial charge on any atom is 0.136 e. The highest BCUT2D eigenvalue weighted by Crippen LogP contribution is 2.21. The molecular formula is C7H9BrN2O. The predicted octanol–water partition coefficient (Wildman–Crippen LogP) is 1.18. The maximum atomic E-state index is 5.27. The van der Waals surface area contributed by atoms with Gasteiger partial charge in [0, 0.05) is 18.9 Å². The molecular weight excluding hydrogens is 208 g/mol. The van der Waals surface area contributed by atoms with Crippen molar-refractivity contribution in [3.05, 3.63) is 22.9 Å². The fourth-order valence-corrected chi connectivity index (χ4v) is 1.01. The molecule has 0 amide bonds. The SMILES string of the molecule is NCCOc1ccncc1Br. The minimum atomic E-state index is 0.523. The largest absolute Gasteiger partial charge is 0.491 e. The van der Waals surface area contributed by atoms with E-state index in [0.717, 1.165) is 10.2 Å². The van der Waals surface area contributed by atoms with Crippen molar-refractivity contribution >= 4 is 15.9 Å². The molecule has 1 rings (SSSR count). The summed E-state index contributed by atoms with van der Waals surface area (Å²) >= 11 is 3.30. The van der Waals surface area contributed by atoms with Crippen LogP contribution in [0.2, 0.25) is 0 Å². The molecule has 0 saturated heterocycles. The monoisotopic (exact) mass is 216 g/mol. The normalized spacial score (nSPS) is 9.64. The maximum absolute atomic E-state index is 5.27. The first-order valence-corrected chi connectivity index (χ1v) is 4.06. The lowest BCUT2D eigenvalue weighted by molar-refractivity contribution is 0.326. The zero-order chi connectivity index (χ0) is 8.10. The zero-order valence-corrected chi connectivity index (χ0v) is 7.54. The lowest BCUT2D eigenvalue weighted by Gasteiger charge is -2.04. The van der Waals surface area contributed by atoms with Crippen molar-refractivity contribution in [2.75, 3.05) is 13.2 Å². The number of rotatable bonds is 3. The van der Waals surface area contributed by atoms with Gasteiger partial charge in [-0.25, -0.2) is 0 Å². The van der Waals surface area contributed by atoms with Gasteiger partial charge in [-0.2, -0.15) is 0 Å². The Hall–Kier alpha value is -0.610. The Kier molecular flexibility index (Phi) is 3.32. The molecule has 0 saturated carbocycles. The number of hydrogen-bond acceptors (Lipinski definition) is 3. The fourth-order valence-electron chi connectivity index (χ4n) is 0.648. The van der Waals surface area contributed by atoms with Gasteiger partial charge in [-0.1, -0.05) is 0 Å². The standard InChI is InChI=1S/C7H9BrN2O/c8-6-5-10-3-1-7(6)11-4-2-9/h1,3,5H,2,4,9H2. The Morgan fingerprint density at radius 3 is 3.09 bits per heavy atom. The smallest absolute Gasteiger partial charge is 0.136 e. The lowest BCUT2D eigenvalue weighted by Crippen LogP contribution is -2.10. The topological polar surface area (TPSA) is 48.1 Å². The highest BCUT2D eigenvalue weighted by molar-refractivity contribution is 9.10. The van der Waals surface area contributed by atoms with Gasteiger partial charge < -0.3 is 10.5 Å². The van der Waals surface area contributed by atoms with Gasteiger partial charge in [-0.3, -0.25) is 4.98 Å². The second kappa shape index (κ2) is 4.31. The van der Waals surface area contributed by atoms with Crippen LogP contribution in [0.3, 0.4) is 0 Å². The van der Waals surface area contributed by atoms with Crippen LogP contribution in [0.1, 0.15) is 0 Å². The first kappa shape index (κ1) is 8.49. The van der Waals surface area contributed by atoms with Gasteiger partial charge in [-0.15, -0.1) is 0 Å². The summed E-state index contributed by atoms with van der Waals surface area (Å²) in [5.41, 5.74) is 5.27. The Morgan fingerprint density at radius 1 is 1.64 bits per heavy atom. The van der Waals surface area contributed by atoms with Gasteiger partial charge in [0.1, 0.15) is 12.4 Å². The van der Waals surface area contributed by atoms with Crippen molar-refractivity contribution < 1.29 is 4.74 Å². The van der Waals surface area contributed by atoms with Gasteiger partial charge in [0.15, 0.2) is 0 Å². The van der Waals surface area contributed by atoms with E-state index in [2.05, 4.69) is 20.9 Å². The van der Waals surface area contributed by atoms with E-state index in [1.54, 1.807) is 18.5 Å². The number of hydrogen-bond donors (Lipinski definition) is 1. The molecule has 4 heteroatoms. The molecule has 0 fully saturated rings. The Morgan fingerprint density at radius 2 is 2.45 bits per heavy atom. The number of halogens is 1. The van der Waals surface area contributed by atoms with Crippen molar-refractivity contribution in [3.63, 3.8) is 0 Å². The molecule has 0 spiro atoms. The summed E-state index contributed by atoms with van der Waals surface area (Å²) < 4.78 is 6.13. The molecule has 3 nitrogen and oxygen atoms in total. The van der Waals surface area contributed by atoms with Crippen LogP contribution in [0, 0.1) is 0 Å². The van der Waals surface area contributed by atoms with Crippen molar-refractivity contribution in [2.45, 2.75) is 0 Å². The van der Waals surface area contributed by atoms with Crippen molar-refractivity contribution in [3.8, 4) is 5.75 Å². The Labute approximate surface area is 73.7 Å². The number of ether oxygens (including phenoxy) is 1. The van der Waals surface area contributed by atoms with Crippen LogP contribution in [0.15, 0.2) is 22.9 Å². The van der Waals surface area contributed by atoms with Gasteiger partial charge in [-0.05, 0) is 22.0 Å². The average Bonchev–Trinajstić information content (AvgIpc) is 2.03. The first-order valence-electron chi connectivity index (χ1n) is 3.27. The van der Waals surface area contributed by atoms with E-state index in [9.17, 15) is 0 Å². The van der Waals surface area contributed by atoms with Crippen LogP contribution in [-0.4, -0.2) is 18.1 Å². The highest BCUT2D eigenvalue weighted by Gasteiger charge is 1.97. The molecule has 0 aliphatic rings. The third-order valence-corrected chi connectivity index (χ3v) is 1.71. The summed E-state index contributed by atoms with van der Waals surface area (Å²) in [6.45, 7) is 1.05. The van der Waals surface area contributed by atoms with Crippen molar-refractivity contribution in [1.29, 1.82) is 0 Å². The number of aromatic nitrogens is 1. The molecule has 0 bridgehead atoms. The molecule has 2 N–H and O–H groups in total. The molecule has 0 radical (unpaired) electrons. The molecule has 0 atom stereocenters. The summed E-state index contributed by atoms with van der Waals surface area (Å²) in [6.07, 6.45) is 3.36. The van der Waals surface area contributed by atoms with Gasteiger partial charge in [0.25, 0.3) is 0 Å². The molecule has 11 heavy (non-hydrogen) atoms. The molecule has 0 aromatic carbocycles. The second-order valence-corrected chi connectivity index (χ2v) is 2.80. The molecule has 0 aliphatic heterocycles. The highest BCUT2D eigenvalue weighted by atomic mass is 79.9. The van der Waals surface area contributed by atoms with Crippen LogP contribution >= 0.6 is 15.9 Å². The minimum Gasteiger partial charge on any atom is -0.491 e. The van der Waals surface area contributed by atoms with Crippen molar-refractivity contribution in [2.24, 2.45) is 5.73 Å². The quantitative estimate of drug-likeness (QED) is 0.826. The molecule has 0 aliphatic carbocycles. The third-order valence-electron chi connectivity index (χ3n) is 1.11. The first-order chi connectivity index (χ1) is 5.34. The van der Waals surface area contributed by atoms with E-state index in [1.807, 2.05) is 0 Å². The van der Waals surface area contributed by atoms with Crippen molar-refractivity contribution in [1.82, 2.24) is 4.98 Å². The minimum absolute atomic E-state index is 0.523. The molecule has 1 aromatic rings. The van der Waals surface area contributed by atoms with E-state index >= 15 is 0 Å². The summed E-state index contributed by atoms with van der Waals surface area (Å²) in [4.78, 5) is 3.89. The van der Waals surface area contributed by atoms with E-state index in [-0.39, 0.29) is 0 Å². The summed E-state index contributed by atoms with van der Waals surface area (Å²) in [6, 6.07) is 1.79. The Balaban J connectivity index is 2.62. The second-order valence-electron chi connectivity index (χ2n) is 1.94. The number of nitrogens with two attached hydrogens (primary N) is 1. The average molecular weight is 217 g/mol. The predicted molar refractivity (Wildman–Crippen MR) is 46.5 cm³/mol. The Bertz CT molecular complexity index is 229. The fraction of sp³-hybridized carbons (Fsp3) is 0.286. The molecule has 0 unspecified atom stereocenters. The van der Waals surface area contributed by atoms with E-state index < -0.39 is 0 Å². The summed E-state index contributed by atoms with van der Waals surface area (Å²) in [5, 5.41) is 0. The molecule has 1 aromatic heterocycles.